The van der Waals surface area contributed by atoms with Crippen molar-refractivity contribution in [1.82, 2.24) is 0 Å². The second kappa shape index (κ2) is 12.0. The number of nitrogens with two attached hydrogens (primary N) is 1. The Bertz CT molecular complexity index is 593. The van der Waals surface area contributed by atoms with Crippen LogP contribution in [0.25, 0.3) is 0 Å². The van der Waals surface area contributed by atoms with E-state index in [0.29, 0.717) is 37.3 Å². The largest absolute Gasteiger partial charge is 0.465 e. The molecule has 1 aromatic rings. The maximum atomic E-state index is 12.1. The molecule has 1 atom stereocenters. The first kappa shape index (κ1) is 24.5. The Morgan fingerprint density at radius 3 is 2.54 bits per heavy atom. The molecule has 1 aromatic carbocycles. The van der Waals surface area contributed by atoms with Crippen LogP contribution in [-0.2, 0) is 14.3 Å². The van der Waals surface area contributed by atoms with E-state index in [1.54, 1.807) is 12.1 Å². The zero-order valence-corrected chi connectivity index (χ0v) is 16.7. The number of esters is 1. The van der Waals surface area contributed by atoms with Gasteiger partial charge < -0.3 is 25.4 Å². The molecule has 26 heavy (non-hydrogen) atoms. The van der Waals surface area contributed by atoms with Gasteiger partial charge in [0.05, 0.1) is 31.6 Å². The number of hydrogen-bond donors (Lipinski definition) is 2. The summed E-state index contributed by atoms with van der Waals surface area (Å²) >= 11 is 0. The summed E-state index contributed by atoms with van der Waals surface area (Å²) in [5.41, 5.74) is 7.37. The topological polar surface area (TPSA) is 93.9 Å². The summed E-state index contributed by atoms with van der Waals surface area (Å²) in [6.07, 6.45) is 0.898. The maximum absolute atomic E-state index is 12.1. The van der Waals surface area contributed by atoms with Crippen LogP contribution in [0.2, 0.25) is 0 Å². The molecule has 0 aromatic heterocycles. The number of anilines is 2. The van der Waals surface area contributed by atoms with Gasteiger partial charge in [0, 0.05) is 31.2 Å². The van der Waals surface area contributed by atoms with Crippen molar-refractivity contribution < 1.29 is 19.1 Å². The van der Waals surface area contributed by atoms with E-state index >= 15 is 0 Å². The smallest absolute Gasteiger partial charge is 0.340 e. The van der Waals surface area contributed by atoms with E-state index in [2.05, 4.69) is 10.2 Å². The van der Waals surface area contributed by atoms with Gasteiger partial charge in [-0.3, -0.25) is 4.79 Å². The number of nitrogens with zero attached hydrogens (tertiary/aromatic N) is 1. The Balaban J connectivity index is 0.00000312. The molecule has 7 nitrogen and oxygen atoms in total. The number of morpholine rings is 1. The van der Waals surface area contributed by atoms with Crippen LogP contribution in [0.1, 0.15) is 30.1 Å². The van der Waals surface area contributed by atoms with Crippen LogP contribution in [0, 0.1) is 0 Å². The molecule has 9 heteroatoms. The lowest BCUT2D eigenvalue weighted by molar-refractivity contribution is -0.116. The predicted octanol–water partition coefficient (Wildman–Crippen LogP) is 2.22. The molecule has 0 saturated carbocycles. The fourth-order valence-electron chi connectivity index (χ4n) is 2.51. The summed E-state index contributed by atoms with van der Waals surface area (Å²) in [5.74, 6) is -0.649. The Morgan fingerprint density at radius 1 is 1.31 bits per heavy atom. The molecular weight excluding hydrogens is 381 g/mol. The number of benzene rings is 1. The van der Waals surface area contributed by atoms with Crippen LogP contribution < -0.4 is 16.0 Å². The van der Waals surface area contributed by atoms with E-state index in [-0.39, 0.29) is 36.8 Å². The number of ether oxygens (including phenoxy) is 2. The van der Waals surface area contributed by atoms with Crippen LogP contribution in [0.3, 0.4) is 0 Å². The number of rotatable bonds is 6. The molecule has 2 rings (SSSR count). The van der Waals surface area contributed by atoms with Crippen molar-refractivity contribution in [3.05, 3.63) is 23.8 Å². The SMILES string of the molecule is COC(=O)c1cc(N2CCOCC2)ccc1NC(=O)CCC(C)N.Cl.Cl. The second-order valence-electron chi connectivity index (χ2n) is 5.89. The minimum atomic E-state index is -0.479. The van der Waals surface area contributed by atoms with E-state index in [9.17, 15) is 9.59 Å². The molecule has 1 aliphatic rings. The predicted molar refractivity (Wildman–Crippen MR) is 107 cm³/mol. The third-order valence-electron chi connectivity index (χ3n) is 3.89. The summed E-state index contributed by atoms with van der Waals surface area (Å²) in [7, 11) is 1.32. The van der Waals surface area contributed by atoms with Gasteiger partial charge in [0.25, 0.3) is 0 Å². The second-order valence-corrected chi connectivity index (χ2v) is 5.89. The quantitative estimate of drug-likeness (QED) is 0.702. The van der Waals surface area contributed by atoms with Gasteiger partial charge in [-0.15, -0.1) is 24.8 Å². The van der Waals surface area contributed by atoms with Crippen molar-refractivity contribution in [3.8, 4) is 0 Å². The molecule has 0 aliphatic carbocycles. The molecule has 3 N–H and O–H groups in total. The summed E-state index contributed by atoms with van der Waals surface area (Å²) < 4.78 is 10.2. The molecule has 0 bridgehead atoms. The van der Waals surface area contributed by atoms with Gasteiger partial charge in [-0.2, -0.15) is 0 Å². The monoisotopic (exact) mass is 407 g/mol. The number of methoxy groups -OCH3 is 1. The molecule has 1 unspecified atom stereocenters. The van der Waals surface area contributed by atoms with E-state index in [4.69, 9.17) is 15.2 Å². The Morgan fingerprint density at radius 2 is 1.96 bits per heavy atom. The third-order valence-corrected chi connectivity index (χ3v) is 3.89. The van der Waals surface area contributed by atoms with Gasteiger partial charge in [-0.05, 0) is 31.5 Å². The van der Waals surface area contributed by atoms with Gasteiger partial charge in [-0.1, -0.05) is 0 Å². The highest BCUT2D eigenvalue weighted by atomic mass is 35.5. The number of amides is 1. The van der Waals surface area contributed by atoms with Gasteiger partial charge >= 0.3 is 5.97 Å². The normalized spacial score (nSPS) is 14.5. The van der Waals surface area contributed by atoms with Gasteiger partial charge in [0.15, 0.2) is 0 Å². The standard InChI is InChI=1S/C17H25N3O4.2ClH/c1-12(18)3-6-16(21)19-15-5-4-13(11-14(15)17(22)23-2)20-7-9-24-10-8-20;;/h4-5,11-12H,3,6-10,18H2,1-2H3,(H,19,21);2*1H. The minimum absolute atomic E-state index is 0. The van der Waals surface area contributed by atoms with Crippen molar-refractivity contribution in [2.45, 2.75) is 25.8 Å². The van der Waals surface area contributed by atoms with Crippen molar-refractivity contribution in [1.29, 1.82) is 0 Å². The molecule has 1 saturated heterocycles. The molecule has 148 valence electrons. The van der Waals surface area contributed by atoms with Crippen LogP contribution >= 0.6 is 24.8 Å². The fraction of sp³-hybridized carbons (Fsp3) is 0.529. The lowest BCUT2D eigenvalue weighted by Crippen LogP contribution is -2.36. The lowest BCUT2D eigenvalue weighted by Gasteiger charge is -2.29. The number of carbonyl (C=O) groups is 2. The zero-order chi connectivity index (χ0) is 17.5. The molecule has 1 heterocycles. The average molecular weight is 408 g/mol. The van der Waals surface area contributed by atoms with Crippen molar-refractivity contribution in [2.24, 2.45) is 5.73 Å². The Labute approximate surface area is 166 Å². The molecule has 1 amide bonds. The summed E-state index contributed by atoms with van der Waals surface area (Å²) in [5, 5.41) is 2.77. The number of nitrogens with one attached hydrogen (secondary N) is 1. The summed E-state index contributed by atoms with van der Waals surface area (Å²) in [6, 6.07) is 5.33. The van der Waals surface area contributed by atoms with E-state index in [1.807, 2.05) is 13.0 Å². The molecule has 0 spiro atoms. The van der Waals surface area contributed by atoms with Crippen molar-refractivity contribution >= 4 is 48.1 Å². The van der Waals surface area contributed by atoms with Gasteiger partial charge in [-0.25, -0.2) is 4.79 Å². The van der Waals surface area contributed by atoms with Crippen LogP contribution in [0.15, 0.2) is 18.2 Å². The summed E-state index contributed by atoms with van der Waals surface area (Å²) in [6.45, 7) is 4.69. The number of halogens is 2. The molecule has 0 radical (unpaired) electrons. The molecular formula is C17H27Cl2N3O4. The molecule has 1 aliphatic heterocycles. The first-order valence-electron chi connectivity index (χ1n) is 8.11. The highest BCUT2D eigenvalue weighted by Gasteiger charge is 2.18. The highest BCUT2D eigenvalue weighted by Crippen LogP contribution is 2.25. The summed E-state index contributed by atoms with van der Waals surface area (Å²) in [4.78, 5) is 26.2. The van der Waals surface area contributed by atoms with Crippen molar-refractivity contribution in [2.75, 3.05) is 43.6 Å². The minimum Gasteiger partial charge on any atom is -0.465 e. The lowest BCUT2D eigenvalue weighted by atomic mass is 10.1. The van der Waals surface area contributed by atoms with Crippen LogP contribution in [0.4, 0.5) is 11.4 Å². The van der Waals surface area contributed by atoms with Gasteiger partial charge in [0.1, 0.15) is 0 Å². The van der Waals surface area contributed by atoms with E-state index < -0.39 is 5.97 Å². The van der Waals surface area contributed by atoms with Crippen LogP contribution in [0.5, 0.6) is 0 Å². The highest BCUT2D eigenvalue weighted by molar-refractivity contribution is 6.02. The maximum Gasteiger partial charge on any atom is 0.340 e. The molecule has 1 fully saturated rings. The zero-order valence-electron chi connectivity index (χ0n) is 15.0. The van der Waals surface area contributed by atoms with Gasteiger partial charge in [0.2, 0.25) is 5.91 Å². The first-order chi connectivity index (χ1) is 11.5. The van der Waals surface area contributed by atoms with Crippen molar-refractivity contribution in [3.63, 3.8) is 0 Å². The Kier molecular flexibility index (Phi) is 11.2. The Hall–Kier alpha value is -1.54. The number of carbonyl (C=O) groups excluding carboxylic acids is 2. The third kappa shape index (κ3) is 6.99. The van der Waals surface area contributed by atoms with E-state index in [1.165, 1.54) is 7.11 Å². The fourth-order valence-corrected chi connectivity index (χ4v) is 2.51. The average Bonchev–Trinajstić information content (AvgIpc) is 2.60. The van der Waals surface area contributed by atoms with E-state index in [0.717, 1.165) is 18.8 Å². The van der Waals surface area contributed by atoms with Crippen LogP contribution in [-0.4, -0.2) is 51.3 Å². The number of hydrogen-bond acceptors (Lipinski definition) is 6. The first-order valence-corrected chi connectivity index (χ1v) is 8.11.